The van der Waals surface area contributed by atoms with Crippen molar-refractivity contribution in [3.05, 3.63) is 68.9 Å². The number of benzene rings is 2. The fourth-order valence-electron chi connectivity index (χ4n) is 2.58. The molecule has 0 spiro atoms. The van der Waals surface area contributed by atoms with Gasteiger partial charge in [-0.15, -0.1) is 0 Å². The van der Waals surface area contributed by atoms with Gasteiger partial charge in [0.1, 0.15) is 11.8 Å². The number of aromatic nitrogens is 1. The van der Waals surface area contributed by atoms with E-state index in [4.69, 9.17) is 16.7 Å². The van der Waals surface area contributed by atoms with Crippen molar-refractivity contribution in [2.75, 3.05) is 11.9 Å². The maximum Gasteiger partial charge on any atom is 0.277 e. The lowest BCUT2D eigenvalue weighted by atomic mass is 10.1. The van der Waals surface area contributed by atoms with Gasteiger partial charge >= 0.3 is 0 Å². The number of carbonyl (C=O) groups excluding carboxylic acids is 1. The van der Waals surface area contributed by atoms with Crippen molar-refractivity contribution in [3.63, 3.8) is 0 Å². The molecule has 1 unspecified atom stereocenters. The van der Waals surface area contributed by atoms with Crippen molar-refractivity contribution < 1.29 is 19.9 Å². The van der Waals surface area contributed by atoms with Crippen molar-refractivity contribution in [2.24, 2.45) is 0 Å². The van der Waals surface area contributed by atoms with Crippen molar-refractivity contribution in [1.82, 2.24) is 4.98 Å². The van der Waals surface area contributed by atoms with Crippen LogP contribution in [0.25, 0.3) is 10.9 Å². The Balaban J connectivity index is 1.88. The van der Waals surface area contributed by atoms with Gasteiger partial charge in [-0.3, -0.25) is 14.9 Å². The third kappa shape index (κ3) is 3.52. The number of H-pyrrole nitrogens is 1. The smallest absolute Gasteiger partial charge is 0.277 e. The summed E-state index contributed by atoms with van der Waals surface area (Å²) >= 11 is 5.92. The molecule has 0 aliphatic rings. The Morgan fingerprint density at radius 3 is 2.73 bits per heavy atom. The number of nitrogens with one attached hydrogen (secondary N) is 2. The first-order chi connectivity index (χ1) is 12.4. The molecule has 1 amide bonds. The Bertz CT molecular complexity index is 1000. The quantitative estimate of drug-likeness (QED) is 0.402. The van der Waals surface area contributed by atoms with E-state index >= 15 is 0 Å². The summed E-state index contributed by atoms with van der Waals surface area (Å²) in [5.74, 6) is -0.484. The highest BCUT2D eigenvalue weighted by atomic mass is 35.5. The van der Waals surface area contributed by atoms with Crippen molar-refractivity contribution in [3.8, 4) is 0 Å². The first-order valence-corrected chi connectivity index (χ1v) is 7.93. The van der Waals surface area contributed by atoms with Crippen LogP contribution in [0.15, 0.2) is 42.5 Å². The molecule has 1 atom stereocenters. The van der Waals surface area contributed by atoms with E-state index in [1.165, 1.54) is 12.1 Å². The average molecular weight is 376 g/mol. The molecule has 0 saturated carbocycles. The van der Waals surface area contributed by atoms with Crippen LogP contribution in [-0.4, -0.2) is 32.6 Å². The Morgan fingerprint density at radius 2 is 2.04 bits per heavy atom. The maximum atomic E-state index is 12.4. The highest BCUT2D eigenvalue weighted by Gasteiger charge is 2.21. The van der Waals surface area contributed by atoms with Crippen LogP contribution in [0.4, 0.5) is 11.4 Å². The number of rotatable bonds is 5. The Hall–Kier alpha value is -2.94. The van der Waals surface area contributed by atoms with E-state index in [1.807, 2.05) is 0 Å². The molecular formula is C17H14ClN3O5. The Labute approximate surface area is 152 Å². The zero-order chi connectivity index (χ0) is 18.8. The van der Waals surface area contributed by atoms with Gasteiger partial charge in [0.2, 0.25) is 0 Å². The predicted molar refractivity (Wildman–Crippen MR) is 96.4 cm³/mol. The number of aromatic amines is 1. The van der Waals surface area contributed by atoms with Crippen LogP contribution in [0, 0.1) is 10.1 Å². The highest BCUT2D eigenvalue weighted by Crippen LogP contribution is 2.28. The predicted octanol–water partition coefficient (Wildman–Crippen LogP) is 3.01. The van der Waals surface area contributed by atoms with E-state index < -0.39 is 29.2 Å². The van der Waals surface area contributed by atoms with Crippen LogP contribution in [0.1, 0.15) is 22.2 Å². The summed E-state index contributed by atoms with van der Waals surface area (Å²) < 4.78 is 0. The lowest BCUT2D eigenvalue weighted by Crippen LogP contribution is -2.13. The van der Waals surface area contributed by atoms with Gasteiger partial charge < -0.3 is 20.5 Å². The normalized spacial score (nSPS) is 12.1. The van der Waals surface area contributed by atoms with Gasteiger partial charge in [-0.25, -0.2) is 0 Å². The third-order valence-electron chi connectivity index (χ3n) is 3.84. The van der Waals surface area contributed by atoms with Crippen LogP contribution in [-0.2, 0) is 0 Å². The SMILES string of the molecule is O=C(Nc1ccc(C(O)CO)c([N+](=O)[O-])c1)c1cc2cc(Cl)ccc2[nH]1. The van der Waals surface area contributed by atoms with Crippen LogP contribution >= 0.6 is 11.6 Å². The molecule has 134 valence electrons. The van der Waals surface area contributed by atoms with Crippen molar-refractivity contribution in [2.45, 2.75) is 6.10 Å². The second-order valence-electron chi connectivity index (χ2n) is 5.60. The fraction of sp³-hybridized carbons (Fsp3) is 0.118. The van der Waals surface area contributed by atoms with E-state index in [1.54, 1.807) is 24.3 Å². The van der Waals surface area contributed by atoms with Gasteiger partial charge in [0.25, 0.3) is 11.6 Å². The van der Waals surface area contributed by atoms with E-state index in [-0.39, 0.29) is 16.9 Å². The molecule has 0 radical (unpaired) electrons. The number of amides is 1. The van der Waals surface area contributed by atoms with Crippen LogP contribution in [0.2, 0.25) is 5.02 Å². The van der Waals surface area contributed by atoms with Gasteiger partial charge in [-0.2, -0.15) is 0 Å². The monoisotopic (exact) mass is 375 g/mol. The summed E-state index contributed by atoms with van der Waals surface area (Å²) in [6.45, 7) is -0.649. The van der Waals surface area contributed by atoms with Crippen LogP contribution < -0.4 is 5.32 Å². The van der Waals surface area contributed by atoms with E-state index in [0.29, 0.717) is 5.02 Å². The summed E-state index contributed by atoms with van der Waals surface area (Å²) in [6.07, 6.45) is -1.38. The number of nitrogens with zero attached hydrogens (tertiary/aromatic N) is 1. The number of nitro groups is 1. The number of hydrogen-bond donors (Lipinski definition) is 4. The molecule has 0 saturated heterocycles. The molecule has 2 aromatic carbocycles. The van der Waals surface area contributed by atoms with E-state index in [2.05, 4.69) is 10.3 Å². The molecule has 4 N–H and O–H groups in total. The van der Waals surface area contributed by atoms with Crippen LogP contribution in [0.5, 0.6) is 0 Å². The summed E-state index contributed by atoms with van der Waals surface area (Å²) in [7, 11) is 0. The summed E-state index contributed by atoms with van der Waals surface area (Å²) in [5, 5.41) is 33.7. The minimum absolute atomic E-state index is 0.0317. The molecule has 0 aliphatic heterocycles. The third-order valence-corrected chi connectivity index (χ3v) is 4.08. The maximum absolute atomic E-state index is 12.4. The average Bonchev–Trinajstić information content (AvgIpc) is 3.04. The Kier molecular flexibility index (Phi) is 4.90. The summed E-state index contributed by atoms with van der Waals surface area (Å²) in [5.41, 5.74) is 0.757. The van der Waals surface area contributed by atoms with Gasteiger partial charge in [-0.1, -0.05) is 11.6 Å². The van der Waals surface area contributed by atoms with Gasteiger partial charge in [0, 0.05) is 27.7 Å². The number of halogens is 1. The number of aliphatic hydroxyl groups excluding tert-OH is 2. The van der Waals surface area contributed by atoms with Crippen molar-refractivity contribution >= 4 is 39.8 Å². The topological polar surface area (TPSA) is 128 Å². The fourth-order valence-corrected chi connectivity index (χ4v) is 2.76. The number of fused-ring (bicyclic) bond motifs is 1. The van der Waals surface area contributed by atoms with Gasteiger partial charge in [0.05, 0.1) is 17.1 Å². The highest BCUT2D eigenvalue weighted by molar-refractivity contribution is 6.31. The Morgan fingerprint density at radius 1 is 1.27 bits per heavy atom. The zero-order valence-electron chi connectivity index (χ0n) is 13.3. The minimum Gasteiger partial charge on any atom is -0.393 e. The lowest BCUT2D eigenvalue weighted by molar-refractivity contribution is -0.386. The number of anilines is 1. The summed E-state index contributed by atoms with van der Waals surface area (Å²) in [6, 6.07) is 10.6. The zero-order valence-corrected chi connectivity index (χ0v) is 14.0. The molecule has 3 rings (SSSR count). The van der Waals surface area contributed by atoms with Gasteiger partial charge in [-0.05, 0) is 36.4 Å². The molecular weight excluding hydrogens is 362 g/mol. The van der Waals surface area contributed by atoms with Gasteiger partial charge in [0.15, 0.2) is 0 Å². The largest absolute Gasteiger partial charge is 0.393 e. The van der Waals surface area contributed by atoms with Crippen molar-refractivity contribution in [1.29, 1.82) is 0 Å². The second-order valence-corrected chi connectivity index (χ2v) is 6.03. The number of aliphatic hydroxyl groups is 2. The molecule has 0 aliphatic carbocycles. The van der Waals surface area contributed by atoms with E-state index in [9.17, 15) is 20.0 Å². The summed E-state index contributed by atoms with van der Waals surface area (Å²) in [4.78, 5) is 25.8. The molecule has 1 heterocycles. The lowest BCUT2D eigenvalue weighted by Gasteiger charge is -2.10. The van der Waals surface area contributed by atoms with E-state index in [0.717, 1.165) is 17.0 Å². The molecule has 9 heteroatoms. The molecule has 3 aromatic rings. The minimum atomic E-state index is -1.38. The molecule has 1 aromatic heterocycles. The molecule has 0 fully saturated rings. The first-order valence-electron chi connectivity index (χ1n) is 7.56. The molecule has 0 bridgehead atoms. The van der Waals surface area contributed by atoms with Crippen LogP contribution in [0.3, 0.4) is 0 Å². The second kappa shape index (κ2) is 7.12. The standard InChI is InChI=1S/C17H14ClN3O5/c18-10-1-4-13-9(5-10)6-14(20-13)17(24)19-11-2-3-12(16(23)8-22)15(7-11)21(25)26/h1-7,16,20,22-23H,8H2,(H,19,24). The number of carbonyl (C=O) groups is 1. The molecule has 8 nitrogen and oxygen atoms in total. The number of hydrogen-bond acceptors (Lipinski definition) is 5. The number of nitro benzene ring substituents is 1. The first kappa shape index (κ1) is 17.9. The molecule has 26 heavy (non-hydrogen) atoms.